The maximum Gasteiger partial charge on any atom is 0.277 e. The van der Waals surface area contributed by atoms with Gasteiger partial charge in [-0.05, 0) is 75.6 Å². The van der Waals surface area contributed by atoms with Crippen molar-refractivity contribution >= 4 is 15.5 Å². The van der Waals surface area contributed by atoms with Gasteiger partial charge in [-0.2, -0.15) is 0 Å². The highest BCUT2D eigenvalue weighted by atomic mass is 32.2. The molecular weight excluding hydrogens is 550 g/mol. The Balaban J connectivity index is 1.47. The van der Waals surface area contributed by atoms with Crippen LogP contribution in [0.15, 0.2) is 58.2 Å². The minimum Gasteiger partial charge on any atom is -0.493 e. The molecule has 4 aromatic rings. The molecular formula is C32H41N5O4S. The van der Waals surface area contributed by atoms with Crippen LogP contribution in [0, 0.1) is 12.8 Å². The number of benzene rings is 2. The number of nitrogens with one attached hydrogen (secondary N) is 2. The molecule has 5 rings (SSSR count). The average molecular weight is 592 g/mol. The first-order chi connectivity index (χ1) is 20.2. The predicted octanol–water partition coefficient (Wildman–Crippen LogP) is 5.78. The second kappa shape index (κ2) is 12.8. The molecule has 1 aliphatic carbocycles. The molecule has 2 N–H and O–H groups in total. The van der Waals surface area contributed by atoms with Crippen LogP contribution in [0.4, 0.5) is 0 Å². The van der Waals surface area contributed by atoms with Crippen molar-refractivity contribution in [2.75, 3.05) is 6.61 Å². The SMILES string of the molecule is CCOc1ccc(S(=O)(=O)NC(CCCc2ccccc2)C(C)C)cc1-c1nn2c(C3CCCC3)nc(C)c2c(=O)[nH]1. The van der Waals surface area contributed by atoms with Crippen LogP contribution in [0.25, 0.3) is 16.9 Å². The zero-order valence-corrected chi connectivity index (χ0v) is 25.7. The summed E-state index contributed by atoms with van der Waals surface area (Å²) in [5.74, 6) is 1.82. The van der Waals surface area contributed by atoms with Crippen LogP contribution in [0.3, 0.4) is 0 Å². The Morgan fingerprint density at radius 1 is 1.12 bits per heavy atom. The van der Waals surface area contributed by atoms with Crippen molar-refractivity contribution < 1.29 is 13.2 Å². The number of sulfonamides is 1. The third kappa shape index (κ3) is 6.44. The highest BCUT2D eigenvalue weighted by molar-refractivity contribution is 7.89. The third-order valence-electron chi connectivity index (χ3n) is 8.17. The summed E-state index contributed by atoms with van der Waals surface area (Å²) in [6.07, 6.45) is 6.73. The summed E-state index contributed by atoms with van der Waals surface area (Å²) in [5.41, 5.74) is 2.38. The molecule has 1 unspecified atom stereocenters. The molecule has 0 spiro atoms. The Morgan fingerprint density at radius 2 is 1.86 bits per heavy atom. The number of fused-ring (bicyclic) bond motifs is 1. The van der Waals surface area contributed by atoms with Gasteiger partial charge in [-0.25, -0.2) is 22.6 Å². The minimum absolute atomic E-state index is 0.0928. The summed E-state index contributed by atoms with van der Waals surface area (Å²) in [6, 6.07) is 14.7. The van der Waals surface area contributed by atoms with Gasteiger partial charge in [0.15, 0.2) is 11.3 Å². The maximum atomic E-state index is 13.7. The lowest BCUT2D eigenvalue weighted by Crippen LogP contribution is -2.38. The summed E-state index contributed by atoms with van der Waals surface area (Å²) in [7, 11) is -3.88. The highest BCUT2D eigenvalue weighted by Gasteiger charge is 2.27. The van der Waals surface area contributed by atoms with Crippen LogP contribution in [0.5, 0.6) is 5.75 Å². The molecule has 9 nitrogen and oxygen atoms in total. The Morgan fingerprint density at radius 3 is 2.55 bits per heavy atom. The fourth-order valence-electron chi connectivity index (χ4n) is 5.87. The molecule has 0 saturated heterocycles. The summed E-state index contributed by atoms with van der Waals surface area (Å²) >= 11 is 0. The number of H-pyrrole nitrogens is 1. The zero-order valence-electron chi connectivity index (χ0n) is 24.9. The molecule has 1 aliphatic rings. The van der Waals surface area contributed by atoms with Gasteiger partial charge in [-0.3, -0.25) is 4.79 Å². The lowest BCUT2D eigenvalue weighted by atomic mass is 9.98. The highest BCUT2D eigenvalue weighted by Crippen LogP contribution is 2.35. The van der Waals surface area contributed by atoms with E-state index in [0.29, 0.717) is 35.6 Å². The largest absolute Gasteiger partial charge is 0.493 e. The van der Waals surface area contributed by atoms with Crippen molar-refractivity contribution in [2.45, 2.75) is 89.5 Å². The van der Waals surface area contributed by atoms with E-state index in [-0.39, 0.29) is 34.2 Å². The van der Waals surface area contributed by atoms with Crippen LogP contribution in [-0.2, 0) is 16.4 Å². The molecule has 0 bridgehead atoms. The normalized spacial score (nSPS) is 15.1. The number of rotatable bonds is 12. The number of ether oxygens (including phenoxy) is 1. The standard InChI is InChI=1S/C32H41N5O4S/c1-5-41-28-19-18-25(42(39,40)36-27(21(2)3)17-11-14-23-12-7-6-8-13-23)20-26(28)30-34-32(38)29-22(4)33-31(37(29)35-30)24-15-9-10-16-24/h6-8,12-13,18-21,24,27,36H,5,9-11,14-17H2,1-4H3,(H,34,35,38). The van der Waals surface area contributed by atoms with E-state index in [1.165, 1.54) is 11.6 Å². The van der Waals surface area contributed by atoms with Gasteiger partial charge >= 0.3 is 0 Å². The Labute approximate surface area is 247 Å². The maximum absolute atomic E-state index is 13.7. The second-order valence-corrected chi connectivity index (χ2v) is 13.3. The minimum atomic E-state index is -3.88. The number of hydrogen-bond acceptors (Lipinski definition) is 6. The number of hydrogen-bond donors (Lipinski definition) is 2. The van der Waals surface area contributed by atoms with Gasteiger partial charge < -0.3 is 9.72 Å². The van der Waals surface area contributed by atoms with Crippen molar-refractivity contribution in [1.82, 2.24) is 24.3 Å². The number of imidazole rings is 1. The summed E-state index contributed by atoms with van der Waals surface area (Å²) in [5, 5.41) is 4.80. The second-order valence-electron chi connectivity index (χ2n) is 11.5. The molecule has 42 heavy (non-hydrogen) atoms. The van der Waals surface area contributed by atoms with E-state index in [2.05, 4.69) is 21.8 Å². The molecule has 224 valence electrons. The molecule has 10 heteroatoms. The lowest BCUT2D eigenvalue weighted by Gasteiger charge is -2.23. The summed E-state index contributed by atoms with van der Waals surface area (Å²) < 4.78 is 37.8. The number of aryl methyl sites for hydroxylation is 2. The molecule has 2 aromatic carbocycles. The van der Waals surface area contributed by atoms with E-state index in [1.807, 2.05) is 45.9 Å². The smallest absolute Gasteiger partial charge is 0.277 e. The number of nitrogens with zero attached hydrogens (tertiary/aromatic N) is 3. The average Bonchev–Trinajstić information content (AvgIpc) is 3.61. The zero-order chi connectivity index (χ0) is 29.9. The predicted molar refractivity (Wildman–Crippen MR) is 164 cm³/mol. The first kappa shape index (κ1) is 30.0. The van der Waals surface area contributed by atoms with Crippen molar-refractivity contribution in [3.8, 4) is 17.1 Å². The van der Waals surface area contributed by atoms with Crippen LogP contribution < -0.4 is 15.0 Å². The van der Waals surface area contributed by atoms with E-state index < -0.39 is 10.0 Å². The van der Waals surface area contributed by atoms with E-state index >= 15 is 0 Å². The van der Waals surface area contributed by atoms with Gasteiger partial charge in [0.25, 0.3) is 5.56 Å². The Kier molecular flexibility index (Phi) is 9.13. The molecule has 1 fully saturated rings. The van der Waals surface area contributed by atoms with Gasteiger partial charge in [0.2, 0.25) is 10.0 Å². The third-order valence-corrected chi connectivity index (χ3v) is 9.66. The van der Waals surface area contributed by atoms with Crippen LogP contribution >= 0.6 is 0 Å². The fourth-order valence-corrected chi connectivity index (χ4v) is 7.32. The lowest BCUT2D eigenvalue weighted by molar-refractivity contribution is 0.341. The van der Waals surface area contributed by atoms with Crippen molar-refractivity contribution in [1.29, 1.82) is 0 Å². The van der Waals surface area contributed by atoms with Crippen molar-refractivity contribution in [3.63, 3.8) is 0 Å². The van der Waals surface area contributed by atoms with Crippen molar-refractivity contribution in [2.24, 2.45) is 5.92 Å². The molecule has 0 amide bonds. The topological polar surface area (TPSA) is 118 Å². The monoisotopic (exact) mass is 591 g/mol. The van der Waals surface area contributed by atoms with E-state index in [1.54, 1.807) is 16.6 Å². The quantitative estimate of drug-likeness (QED) is 0.216. The van der Waals surface area contributed by atoms with Gasteiger partial charge in [-0.1, -0.05) is 57.0 Å². The summed E-state index contributed by atoms with van der Waals surface area (Å²) in [4.78, 5) is 20.9. The van der Waals surface area contributed by atoms with Crippen LogP contribution in [-0.4, -0.2) is 40.6 Å². The molecule has 1 atom stereocenters. The Bertz CT molecular complexity index is 1690. The van der Waals surface area contributed by atoms with Crippen LogP contribution in [0.1, 0.15) is 82.3 Å². The van der Waals surface area contributed by atoms with Gasteiger partial charge in [0.1, 0.15) is 11.6 Å². The number of aromatic amines is 1. The summed E-state index contributed by atoms with van der Waals surface area (Å²) in [6.45, 7) is 8.10. The van der Waals surface area contributed by atoms with E-state index in [9.17, 15) is 13.2 Å². The van der Waals surface area contributed by atoms with E-state index in [4.69, 9.17) is 14.8 Å². The van der Waals surface area contributed by atoms with Gasteiger partial charge in [-0.15, -0.1) is 5.10 Å². The Hall–Kier alpha value is -3.50. The molecule has 1 saturated carbocycles. The first-order valence-corrected chi connectivity index (χ1v) is 16.5. The van der Waals surface area contributed by atoms with Gasteiger partial charge in [0, 0.05) is 12.0 Å². The van der Waals surface area contributed by atoms with E-state index in [0.717, 1.165) is 44.3 Å². The van der Waals surface area contributed by atoms with Gasteiger partial charge in [0.05, 0.1) is 22.8 Å². The fraction of sp³-hybridized carbons (Fsp3) is 0.469. The first-order valence-electron chi connectivity index (χ1n) is 15.0. The number of aromatic nitrogens is 4. The molecule has 2 aromatic heterocycles. The van der Waals surface area contributed by atoms with Crippen molar-refractivity contribution in [3.05, 3.63) is 76.0 Å². The molecule has 0 aliphatic heterocycles. The molecule has 2 heterocycles. The molecule has 0 radical (unpaired) electrons. The van der Waals surface area contributed by atoms with Crippen LogP contribution in [0.2, 0.25) is 0 Å².